The molecule has 0 saturated carbocycles. The largest absolute Gasteiger partial charge is 0.478 e. The number of benzene rings is 2. The highest BCUT2D eigenvalue weighted by Gasteiger charge is 2.17. The summed E-state index contributed by atoms with van der Waals surface area (Å²) in [7, 11) is -3.94. The third-order valence-corrected chi connectivity index (χ3v) is 4.66. The van der Waals surface area contributed by atoms with E-state index in [4.69, 9.17) is 28.3 Å². The van der Waals surface area contributed by atoms with Crippen LogP contribution in [0.25, 0.3) is 0 Å². The Bertz CT molecular complexity index is 830. The third kappa shape index (κ3) is 3.71. The highest BCUT2D eigenvalue weighted by atomic mass is 35.5. The molecule has 8 heteroatoms. The van der Waals surface area contributed by atoms with Crippen LogP contribution < -0.4 is 4.72 Å². The van der Waals surface area contributed by atoms with Crippen molar-refractivity contribution in [2.75, 3.05) is 4.72 Å². The molecule has 22 heavy (non-hydrogen) atoms. The van der Waals surface area contributed by atoms with Crippen LogP contribution in [-0.4, -0.2) is 19.5 Å². The average Bonchev–Trinajstić information content (AvgIpc) is 2.39. The molecule has 0 aliphatic rings. The second kappa shape index (κ2) is 6.16. The lowest BCUT2D eigenvalue weighted by Crippen LogP contribution is -2.14. The zero-order chi connectivity index (χ0) is 16.5. The Labute approximate surface area is 137 Å². The molecular formula is C14H11Cl2NO4S. The van der Waals surface area contributed by atoms with E-state index in [9.17, 15) is 13.2 Å². The van der Waals surface area contributed by atoms with E-state index in [0.717, 1.165) is 0 Å². The highest BCUT2D eigenvalue weighted by molar-refractivity contribution is 7.92. The fraction of sp³-hybridized carbons (Fsp3) is 0.0714. The Balaban J connectivity index is 2.44. The van der Waals surface area contributed by atoms with Crippen molar-refractivity contribution in [3.8, 4) is 0 Å². The van der Waals surface area contributed by atoms with E-state index in [2.05, 4.69) is 4.72 Å². The number of halogens is 2. The molecule has 0 bridgehead atoms. The molecule has 116 valence electrons. The van der Waals surface area contributed by atoms with Gasteiger partial charge in [0.2, 0.25) is 0 Å². The molecule has 0 amide bonds. The van der Waals surface area contributed by atoms with Crippen LogP contribution in [0.15, 0.2) is 41.3 Å². The summed E-state index contributed by atoms with van der Waals surface area (Å²) in [6.07, 6.45) is 0. The topological polar surface area (TPSA) is 83.5 Å². The first kappa shape index (κ1) is 16.6. The second-order valence-electron chi connectivity index (χ2n) is 4.55. The SMILES string of the molecule is Cc1ccc(C(=O)O)cc1NS(=O)(=O)c1cc(Cl)cc(Cl)c1. The minimum atomic E-state index is -3.94. The van der Waals surface area contributed by atoms with Crippen molar-refractivity contribution in [1.29, 1.82) is 0 Å². The standard InChI is InChI=1S/C14H11Cl2NO4S/c1-8-2-3-9(14(18)19)4-13(8)17-22(20,21)12-6-10(15)5-11(16)7-12/h2-7,17H,1H3,(H,18,19). The lowest BCUT2D eigenvalue weighted by Gasteiger charge is -2.12. The van der Waals surface area contributed by atoms with Crippen LogP contribution in [0.1, 0.15) is 15.9 Å². The molecular weight excluding hydrogens is 349 g/mol. The number of sulfonamides is 1. The van der Waals surface area contributed by atoms with Crippen molar-refractivity contribution in [3.05, 3.63) is 57.6 Å². The quantitative estimate of drug-likeness (QED) is 0.869. The predicted octanol–water partition coefficient (Wildman–Crippen LogP) is 3.80. The van der Waals surface area contributed by atoms with Gasteiger partial charge >= 0.3 is 5.97 Å². The highest BCUT2D eigenvalue weighted by Crippen LogP contribution is 2.25. The van der Waals surface area contributed by atoms with Crippen LogP contribution in [0.5, 0.6) is 0 Å². The molecule has 0 aromatic heterocycles. The van der Waals surface area contributed by atoms with Crippen molar-refractivity contribution < 1.29 is 18.3 Å². The molecule has 0 radical (unpaired) electrons. The molecule has 2 aromatic carbocycles. The number of hydrogen-bond acceptors (Lipinski definition) is 3. The van der Waals surface area contributed by atoms with Gasteiger partial charge in [0.1, 0.15) is 0 Å². The van der Waals surface area contributed by atoms with Gasteiger partial charge in [-0.15, -0.1) is 0 Å². The lowest BCUT2D eigenvalue weighted by atomic mass is 10.1. The maximum Gasteiger partial charge on any atom is 0.335 e. The average molecular weight is 360 g/mol. The van der Waals surface area contributed by atoms with Gasteiger partial charge in [0.25, 0.3) is 10.0 Å². The monoisotopic (exact) mass is 359 g/mol. The number of nitrogens with one attached hydrogen (secondary N) is 1. The van der Waals surface area contributed by atoms with Gasteiger partial charge in [-0.1, -0.05) is 29.3 Å². The van der Waals surface area contributed by atoms with Crippen LogP contribution in [0, 0.1) is 6.92 Å². The van der Waals surface area contributed by atoms with E-state index in [1.165, 1.54) is 36.4 Å². The molecule has 0 heterocycles. The minimum Gasteiger partial charge on any atom is -0.478 e. The summed E-state index contributed by atoms with van der Waals surface area (Å²) in [5.74, 6) is -1.15. The molecule has 0 saturated heterocycles. The molecule has 0 unspecified atom stereocenters. The first-order valence-corrected chi connectivity index (χ1v) is 8.26. The van der Waals surface area contributed by atoms with E-state index in [-0.39, 0.29) is 26.2 Å². The number of carboxylic acids is 1. The summed E-state index contributed by atoms with van der Waals surface area (Å²) >= 11 is 11.6. The van der Waals surface area contributed by atoms with E-state index < -0.39 is 16.0 Å². The van der Waals surface area contributed by atoms with Crippen LogP contribution in [0.4, 0.5) is 5.69 Å². The summed E-state index contributed by atoms with van der Waals surface area (Å²) in [5, 5.41) is 9.34. The number of hydrogen-bond donors (Lipinski definition) is 2. The van der Waals surface area contributed by atoms with Crippen molar-refractivity contribution >= 4 is 44.9 Å². The van der Waals surface area contributed by atoms with Gasteiger partial charge in [-0.3, -0.25) is 4.72 Å². The Morgan fingerprint density at radius 3 is 2.23 bits per heavy atom. The number of aromatic carboxylic acids is 1. The molecule has 2 rings (SSSR count). The first-order valence-electron chi connectivity index (χ1n) is 6.02. The summed E-state index contributed by atoms with van der Waals surface area (Å²) in [6, 6.07) is 8.09. The van der Waals surface area contributed by atoms with Crippen LogP contribution in [0.2, 0.25) is 10.0 Å². The summed E-state index contributed by atoms with van der Waals surface area (Å²) in [6.45, 7) is 1.66. The van der Waals surface area contributed by atoms with E-state index in [0.29, 0.717) is 5.56 Å². The van der Waals surface area contributed by atoms with Crippen LogP contribution in [-0.2, 0) is 10.0 Å². The van der Waals surface area contributed by atoms with Crippen molar-refractivity contribution in [3.63, 3.8) is 0 Å². The molecule has 0 atom stereocenters. The van der Waals surface area contributed by atoms with Crippen LogP contribution in [0.3, 0.4) is 0 Å². The fourth-order valence-electron chi connectivity index (χ4n) is 1.75. The van der Waals surface area contributed by atoms with Gasteiger partial charge < -0.3 is 5.11 Å². The second-order valence-corrected chi connectivity index (χ2v) is 7.10. The van der Waals surface area contributed by atoms with Gasteiger partial charge in [-0.2, -0.15) is 0 Å². The van der Waals surface area contributed by atoms with Gasteiger partial charge in [-0.05, 0) is 42.8 Å². The number of anilines is 1. The van der Waals surface area contributed by atoms with E-state index in [1.807, 2.05) is 0 Å². The maximum absolute atomic E-state index is 12.4. The Morgan fingerprint density at radius 2 is 1.68 bits per heavy atom. The molecule has 2 aromatic rings. The third-order valence-electron chi connectivity index (χ3n) is 2.88. The molecule has 0 aliphatic heterocycles. The van der Waals surface area contributed by atoms with Gasteiger partial charge in [0.15, 0.2) is 0 Å². The van der Waals surface area contributed by atoms with Gasteiger partial charge in [-0.25, -0.2) is 13.2 Å². The molecule has 2 N–H and O–H groups in total. The molecule has 0 spiro atoms. The Hall–Kier alpha value is -1.76. The lowest BCUT2D eigenvalue weighted by molar-refractivity contribution is 0.0697. The zero-order valence-corrected chi connectivity index (χ0v) is 13.6. The van der Waals surface area contributed by atoms with Gasteiger partial charge in [0, 0.05) is 10.0 Å². The first-order chi connectivity index (χ1) is 10.2. The predicted molar refractivity (Wildman–Crippen MR) is 85.4 cm³/mol. The normalized spacial score (nSPS) is 11.2. The van der Waals surface area contributed by atoms with Crippen molar-refractivity contribution in [2.24, 2.45) is 0 Å². The smallest absolute Gasteiger partial charge is 0.335 e. The summed E-state index contributed by atoms with van der Waals surface area (Å²) in [5.41, 5.74) is 0.741. The number of carbonyl (C=O) groups is 1. The molecule has 5 nitrogen and oxygen atoms in total. The number of carboxylic acid groups (broad SMARTS) is 1. The minimum absolute atomic E-state index is 0.0209. The van der Waals surface area contributed by atoms with Crippen LogP contribution >= 0.6 is 23.2 Å². The van der Waals surface area contributed by atoms with E-state index in [1.54, 1.807) is 6.92 Å². The Kier molecular flexibility index (Phi) is 4.65. The Morgan fingerprint density at radius 1 is 1.09 bits per heavy atom. The summed E-state index contributed by atoms with van der Waals surface area (Å²) in [4.78, 5) is 10.9. The summed E-state index contributed by atoms with van der Waals surface area (Å²) < 4.78 is 27.1. The molecule has 0 aliphatic carbocycles. The zero-order valence-electron chi connectivity index (χ0n) is 11.3. The number of aryl methyl sites for hydroxylation is 1. The maximum atomic E-state index is 12.4. The fourth-order valence-corrected chi connectivity index (χ4v) is 3.60. The van der Waals surface area contributed by atoms with Crippen molar-refractivity contribution in [1.82, 2.24) is 0 Å². The van der Waals surface area contributed by atoms with E-state index >= 15 is 0 Å². The molecule has 0 fully saturated rings. The number of rotatable bonds is 4. The van der Waals surface area contributed by atoms with Gasteiger partial charge in [0.05, 0.1) is 16.1 Å². The van der Waals surface area contributed by atoms with Crippen molar-refractivity contribution in [2.45, 2.75) is 11.8 Å².